The van der Waals surface area contributed by atoms with E-state index >= 15 is 0 Å². The highest BCUT2D eigenvalue weighted by Crippen LogP contribution is 2.52. The summed E-state index contributed by atoms with van der Waals surface area (Å²) < 4.78 is 7.55. The van der Waals surface area contributed by atoms with E-state index in [1.807, 2.05) is 34.0 Å². The van der Waals surface area contributed by atoms with Crippen molar-refractivity contribution < 1.29 is 0 Å². The lowest BCUT2D eigenvalue weighted by atomic mass is 9.94. The SMILES string of the molecule is CC1(CCc2ccccc2)Cc2cc3sc4c5cc6sc(CCc7ccccc7)cc6cc5sc4c3cc2S1. The molecule has 0 saturated heterocycles. The molecule has 0 saturated carbocycles. The van der Waals surface area contributed by atoms with E-state index in [4.69, 9.17) is 0 Å². The number of aryl methyl sites for hydroxylation is 3. The second-order valence-corrected chi connectivity index (χ2v) is 16.0. The van der Waals surface area contributed by atoms with Crippen molar-refractivity contribution in [2.45, 2.75) is 48.7 Å². The molecule has 3 aromatic heterocycles. The van der Waals surface area contributed by atoms with Gasteiger partial charge >= 0.3 is 0 Å². The molecule has 7 aromatic rings. The summed E-state index contributed by atoms with van der Waals surface area (Å²) in [6.45, 7) is 2.46. The molecule has 4 heteroatoms. The molecule has 8 rings (SSSR count). The lowest BCUT2D eigenvalue weighted by Crippen LogP contribution is -2.19. The Morgan fingerprint density at radius 2 is 1.31 bits per heavy atom. The van der Waals surface area contributed by atoms with Gasteiger partial charge in [-0.05, 0) is 91.4 Å². The number of hydrogen-bond donors (Lipinski definition) is 0. The summed E-state index contributed by atoms with van der Waals surface area (Å²) in [7, 11) is 0. The second-order valence-electron chi connectivity index (χ2n) is 11.1. The molecule has 192 valence electrons. The van der Waals surface area contributed by atoms with Crippen LogP contribution in [0.2, 0.25) is 0 Å². The minimum Gasteiger partial charge on any atom is -0.140 e. The number of thiophene rings is 3. The monoisotopic (exact) mass is 576 g/mol. The van der Waals surface area contributed by atoms with E-state index in [2.05, 4.69) is 110 Å². The molecule has 0 spiro atoms. The van der Waals surface area contributed by atoms with Crippen molar-refractivity contribution in [1.82, 2.24) is 0 Å². The number of rotatable bonds is 6. The van der Waals surface area contributed by atoms with E-state index < -0.39 is 0 Å². The molecule has 39 heavy (non-hydrogen) atoms. The average Bonchev–Trinajstić information content (AvgIpc) is 3.69. The van der Waals surface area contributed by atoms with Gasteiger partial charge in [0.1, 0.15) is 0 Å². The number of thioether (sulfide) groups is 1. The Hall–Kier alpha value is -2.63. The van der Waals surface area contributed by atoms with Crippen LogP contribution in [0, 0.1) is 0 Å². The van der Waals surface area contributed by atoms with Gasteiger partial charge < -0.3 is 0 Å². The van der Waals surface area contributed by atoms with Crippen LogP contribution in [0.1, 0.15) is 34.9 Å². The van der Waals surface area contributed by atoms with Crippen LogP contribution in [0.25, 0.3) is 39.7 Å². The Bertz CT molecular complexity index is 1970. The van der Waals surface area contributed by atoms with E-state index in [-0.39, 0.29) is 4.75 Å². The molecule has 1 atom stereocenters. The lowest BCUT2D eigenvalue weighted by molar-refractivity contribution is 0.594. The van der Waals surface area contributed by atoms with Crippen LogP contribution in [-0.2, 0) is 25.7 Å². The van der Waals surface area contributed by atoms with Crippen molar-refractivity contribution in [3.63, 3.8) is 0 Å². The van der Waals surface area contributed by atoms with Gasteiger partial charge in [0.05, 0.1) is 9.40 Å². The van der Waals surface area contributed by atoms with Crippen molar-refractivity contribution in [1.29, 1.82) is 0 Å². The molecule has 0 N–H and O–H groups in total. The summed E-state index contributed by atoms with van der Waals surface area (Å²) in [5.41, 5.74) is 4.42. The van der Waals surface area contributed by atoms with Gasteiger partial charge in [-0.25, -0.2) is 0 Å². The maximum Gasteiger partial charge on any atom is 0.0542 e. The third-order valence-electron chi connectivity index (χ3n) is 8.16. The van der Waals surface area contributed by atoms with Crippen LogP contribution >= 0.6 is 45.8 Å². The first-order chi connectivity index (χ1) is 19.1. The predicted octanol–water partition coefficient (Wildman–Crippen LogP) is 11.3. The number of hydrogen-bond acceptors (Lipinski definition) is 4. The lowest BCUT2D eigenvalue weighted by Gasteiger charge is -2.22. The summed E-state index contributed by atoms with van der Waals surface area (Å²) in [6.07, 6.45) is 5.76. The predicted molar refractivity (Wildman–Crippen MR) is 177 cm³/mol. The van der Waals surface area contributed by atoms with Gasteiger partial charge in [0.2, 0.25) is 0 Å². The number of fused-ring (bicyclic) bond motifs is 7. The first-order valence-electron chi connectivity index (χ1n) is 13.7. The van der Waals surface area contributed by atoms with Gasteiger partial charge in [-0.2, -0.15) is 0 Å². The molecule has 0 bridgehead atoms. The van der Waals surface area contributed by atoms with Crippen LogP contribution in [0.4, 0.5) is 0 Å². The standard InChI is InChI=1S/C35H28S4/c1-35(15-14-23-10-6-3-7-11-23)21-25-18-32-28(20-30(25)39-35)34-33(38-32)27-19-29-24(17-31(27)37-34)16-26(36-29)13-12-22-8-4-2-5-9-22/h2-11,16-20H,12-15,21H2,1H3. The third-order valence-corrected chi connectivity index (χ3v) is 13.3. The highest BCUT2D eigenvalue weighted by Gasteiger charge is 2.34. The minimum atomic E-state index is 0.281. The summed E-state index contributed by atoms with van der Waals surface area (Å²) in [5.74, 6) is 0. The fourth-order valence-electron chi connectivity index (χ4n) is 6.08. The molecule has 4 aromatic carbocycles. The highest BCUT2D eigenvalue weighted by molar-refractivity contribution is 8.01. The van der Waals surface area contributed by atoms with E-state index in [9.17, 15) is 0 Å². The van der Waals surface area contributed by atoms with E-state index in [1.165, 1.54) is 73.4 Å². The van der Waals surface area contributed by atoms with Crippen LogP contribution in [0.5, 0.6) is 0 Å². The zero-order valence-corrected chi connectivity index (χ0v) is 25.1. The van der Waals surface area contributed by atoms with Crippen molar-refractivity contribution in [3.8, 4) is 0 Å². The molecule has 1 aliphatic rings. The van der Waals surface area contributed by atoms with Crippen molar-refractivity contribution in [2.75, 3.05) is 0 Å². The third kappa shape index (κ3) is 4.42. The Balaban J connectivity index is 1.10. The quantitative estimate of drug-likeness (QED) is 0.190. The summed E-state index contributed by atoms with van der Waals surface area (Å²) in [6, 6.07) is 34.2. The van der Waals surface area contributed by atoms with Crippen LogP contribution in [-0.4, -0.2) is 4.75 Å². The Labute approximate surface area is 245 Å². The molecular formula is C35H28S4. The molecule has 0 nitrogen and oxygen atoms in total. The maximum atomic E-state index is 2.52. The molecule has 0 aliphatic carbocycles. The van der Waals surface area contributed by atoms with Gasteiger partial charge in [-0.15, -0.1) is 45.8 Å². The topological polar surface area (TPSA) is 0 Å². The van der Waals surface area contributed by atoms with Crippen LogP contribution in [0.15, 0.2) is 95.9 Å². The van der Waals surface area contributed by atoms with Gasteiger partial charge in [0, 0.05) is 39.4 Å². The van der Waals surface area contributed by atoms with Gasteiger partial charge in [0.25, 0.3) is 0 Å². The highest BCUT2D eigenvalue weighted by atomic mass is 32.2. The Morgan fingerprint density at radius 1 is 0.641 bits per heavy atom. The summed E-state index contributed by atoms with van der Waals surface area (Å²) in [5, 5.41) is 4.31. The largest absolute Gasteiger partial charge is 0.140 e. The van der Waals surface area contributed by atoms with Gasteiger partial charge in [0.15, 0.2) is 0 Å². The first kappa shape index (κ1) is 24.2. The van der Waals surface area contributed by atoms with Crippen molar-refractivity contribution in [2.24, 2.45) is 0 Å². The van der Waals surface area contributed by atoms with Crippen molar-refractivity contribution >= 4 is 85.4 Å². The molecule has 0 radical (unpaired) electrons. The normalized spacial score (nSPS) is 17.2. The van der Waals surface area contributed by atoms with E-state index in [0.29, 0.717) is 0 Å². The molecule has 0 fully saturated rings. The Kier molecular flexibility index (Phi) is 5.88. The van der Waals surface area contributed by atoms with E-state index in [1.54, 1.807) is 5.56 Å². The zero-order chi connectivity index (χ0) is 26.0. The van der Waals surface area contributed by atoms with Crippen LogP contribution < -0.4 is 0 Å². The van der Waals surface area contributed by atoms with Gasteiger partial charge in [-0.1, -0.05) is 60.7 Å². The first-order valence-corrected chi connectivity index (χ1v) is 17.0. The van der Waals surface area contributed by atoms with Crippen LogP contribution in [0.3, 0.4) is 0 Å². The maximum absolute atomic E-state index is 2.52. The molecule has 1 aliphatic heterocycles. The fourth-order valence-corrected chi connectivity index (χ4v) is 11.3. The average molecular weight is 577 g/mol. The summed E-state index contributed by atoms with van der Waals surface area (Å²) in [4.78, 5) is 2.99. The minimum absolute atomic E-state index is 0.281. The molecule has 1 unspecified atom stereocenters. The van der Waals surface area contributed by atoms with E-state index in [0.717, 1.165) is 19.3 Å². The molecule has 0 amide bonds. The molecular weight excluding hydrogens is 549 g/mol. The fraction of sp³-hybridized carbons (Fsp3) is 0.200. The number of benzene rings is 4. The Morgan fingerprint density at radius 3 is 2.05 bits per heavy atom. The smallest absolute Gasteiger partial charge is 0.0542 e. The molecule has 4 heterocycles. The van der Waals surface area contributed by atoms with Gasteiger partial charge in [-0.3, -0.25) is 0 Å². The zero-order valence-electron chi connectivity index (χ0n) is 21.8. The summed E-state index contributed by atoms with van der Waals surface area (Å²) >= 11 is 8.08. The van der Waals surface area contributed by atoms with Crippen molar-refractivity contribution in [3.05, 3.63) is 113 Å². The second kappa shape index (κ2) is 9.49.